The van der Waals surface area contributed by atoms with E-state index in [1.54, 1.807) is 11.8 Å². The summed E-state index contributed by atoms with van der Waals surface area (Å²) in [6, 6.07) is 13.9. The van der Waals surface area contributed by atoms with Gasteiger partial charge < -0.3 is 15.1 Å². The maximum atomic E-state index is 12.2. The van der Waals surface area contributed by atoms with Crippen molar-refractivity contribution in [1.82, 2.24) is 4.90 Å². The van der Waals surface area contributed by atoms with Crippen LogP contribution in [0.25, 0.3) is 0 Å². The Kier molecular flexibility index (Phi) is 7.05. The van der Waals surface area contributed by atoms with Gasteiger partial charge in [0.25, 0.3) is 0 Å². The van der Waals surface area contributed by atoms with Gasteiger partial charge in [-0.05, 0) is 55.4 Å². The van der Waals surface area contributed by atoms with E-state index in [9.17, 15) is 4.79 Å². The fourth-order valence-electron chi connectivity index (χ4n) is 3.22. The minimum absolute atomic E-state index is 0.0220. The van der Waals surface area contributed by atoms with Crippen molar-refractivity contribution in [2.75, 3.05) is 49.2 Å². The first kappa shape index (κ1) is 20.1. The zero-order valence-corrected chi connectivity index (χ0v) is 17.4. The number of amides is 1. The average Bonchev–Trinajstić information content (AvgIpc) is 2.63. The summed E-state index contributed by atoms with van der Waals surface area (Å²) >= 11 is 7.58. The highest BCUT2D eigenvalue weighted by atomic mass is 35.5. The molecule has 1 heterocycles. The zero-order valence-electron chi connectivity index (χ0n) is 15.9. The summed E-state index contributed by atoms with van der Waals surface area (Å²) in [5.74, 6) is 1.22. The van der Waals surface area contributed by atoms with Gasteiger partial charge in [0.1, 0.15) is 0 Å². The molecule has 1 saturated heterocycles. The Morgan fingerprint density at radius 3 is 2.63 bits per heavy atom. The van der Waals surface area contributed by atoms with Gasteiger partial charge in [-0.15, -0.1) is 11.8 Å². The number of hydrogen-bond acceptors (Lipinski definition) is 4. The molecule has 1 N–H and O–H groups in total. The molecule has 1 fully saturated rings. The van der Waals surface area contributed by atoms with Crippen molar-refractivity contribution in [3.63, 3.8) is 0 Å². The third-order valence-corrected chi connectivity index (χ3v) is 5.95. The lowest BCUT2D eigenvalue weighted by molar-refractivity contribution is -0.113. The molecule has 0 aliphatic carbocycles. The van der Waals surface area contributed by atoms with Crippen LogP contribution in [0.1, 0.15) is 11.1 Å². The Bertz CT molecular complexity index is 791. The molecule has 2 aromatic rings. The van der Waals surface area contributed by atoms with Crippen LogP contribution in [-0.2, 0) is 10.5 Å². The molecule has 4 nitrogen and oxygen atoms in total. The van der Waals surface area contributed by atoms with Gasteiger partial charge in [-0.3, -0.25) is 4.79 Å². The molecule has 1 amide bonds. The SMILES string of the molecule is Cc1cc(NC(=O)CSCc2cccc(Cl)c2)ccc1N1CCN(C)CC1. The largest absolute Gasteiger partial charge is 0.369 e. The number of carbonyl (C=O) groups is 1. The van der Waals surface area contributed by atoms with E-state index in [2.05, 4.69) is 41.2 Å². The lowest BCUT2D eigenvalue weighted by Gasteiger charge is -2.35. The van der Waals surface area contributed by atoms with Crippen LogP contribution in [0.2, 0.25) is 5.02 Å². The molecule has 0 atom stereocenters. The molecule has 0 saturated carbocycles. The Balaban J connectivity index is 1.50. The number of aryl methyl sites for hydroxylation is 1. The number of nitrogens with one attached hydrogen (secondary N) is 1. The third-order valence-electron chi connectivity index (χ3n) is 4.72. The van der Waals surface area contributed by atoms with Crippen LogP contribution in [0.4, 0.5) is 11.4 Å². The van der Waals surface area contributed by atoms with Crippen LogP contribution in [0, 0.1) is 6.92 Å². The summed E-state index contributed by atoms with van der Waals surface area (Å²) in [5, 5.41) is 3.74. The number of rotatable bonds is 6. The highest BCUT2D eigenvalue weighted by Gasteiger charge is 2.16. The number of benzene rings is 2. The summed E-state index contributed by atoms with van der Waals surface area (Å²) in [6.45, 7) is 6.37. The number of piperazine rings is 1. The van der Waals surface area contributed by atoms with Crippen molar-refractivity contribution in [1.29, 1.82) is 0 Å². The minimum atomic E-state index is 0.0220. The first-order valence-electron chi connectivity index (χ1n) is 9.17. The average molecular weight is 404 g/mol. The number of carbonyl (C=O) groups excluding carboxylic acids is 1. The molecule has 0 bridgehead atoms. The van der Waals surface area contributed by atoms with Crippen molar-refractivity contribution in [2.24, 2.45) is 0 Å². The quantitative estimate of drug-likeness (QED) is 0.781. The molecular weight excluding hydrogens is 378 g/mol. The van der Waals surface area contributed by atoms with E-state index >= 15 is 0 Å². The first-order valence-corrected chi connectivity index (χ1v) is 10.7. The van der Waals surface area contributed by atoms with Gasteiger partial charge in [0.05, 0.1) is 5.75 Å². The number of nitrogens with zero attached hydrogens (tertiary/aromatic N) is 2. The summed E-state index contributed by atoms with van der Waals surface area (Å²) in [7, 11) is 2.16. The summed E-state index contributed by atoms with van der Waals surface area (Å²) in [4.78, 5) is 17.0. The fourth-order valence-corrected chi connectivity index (χ4v) is 4.21. The Morgan fingerprint density at radius 2 is 1.93 bits per heavy atom. The van der Waals surface area contributed by atoms with E-state index in [0.29, 0.717) is 5.75 Å². The van der Waals surface area contributed by atoms with Crippen molar-refractivity contribution in [3.05, 3.63) is 58.6 Å². The predicted octanol–water partition coefficient (Wildman–Crippen LogP) is 4.27. The smallest absolute Gasteiger partial charge is 0.234 e. The number of anilines is 2. The van der Waals surface area contributed by atoms with E-state index in [1.807, 2.05) is 30.3 Å². The highest BCUT2D eigenvalue weighted by molar-refractivity contribution is 7.99. The second-order valence-corrected chi connectivity index (χ2v) is 8.38. The predicted molar refractivity (Wildman–Crippen MR) is 117 cm³/mol. The monoisotopic (exact) mass is 403 g/mol. The van der Waals surface area contributed by atoms with Gasteiger partial charge in [-0.2, -0.15) is 0 Å². The van der Waals surface area contributed by atoms with Gasteiger partial charge in [0.2, 0.25) is 5.91 Å². The molecule has 1 aliphatic rings. The van der Waals surface area contributed by atoms with Crippen LogP contribution in [0.15, 0.2) is 42.5 Å². The molecule has 27 heavy (non-hydrogen) atoms. The summed E-state index contributed by atoms with van der Waals surface area (Å²) in [5.41, 5.74) is 4.45. The molecule has 144 valence electrons. The van der Waals surface area contributed by atoms with Crippen molar-refractivity contribution >= 4 is 40.6 Å². The normalized spacial score (nSPS) is 15.0. The highest BCUT2D eigenvalue weighted by Crippen LogP contribution is 2.25. The van der Waals surface area contributed by atoms with E-state index in [0.717, 1.165) is 48.2 Å². The summed E-state index contributed by atoms with van der Waals surface area (Å²) in [6.07, 6.45) is 0. The van der Waals surface area contributed by atoms with Crippen molar-refractivity contribution in [3.8, 4) is 0 Å². The van der Waals surface area contributed by atoms with Crippen LogP contribution in [-0.4, -0.2) is 49.8 Å². The molecule has 0 aromatic heterocycles. The van der Waals surface area contributed by atoms with Gasteiger partial charge in [-0.25, -0.2) is 0 Å². The van der Waals surface area contributed by atoms with Crippen LogP contribution in [0.5, 0.6) is 0 Å². The minimum Gasteiger partial charge on any atom is -0.369 e. The Labute approximate surface area is 170 Å². The first-order chi connectivity index (χ1) is 13.0. The molecule has 0 unspecified atom stereocenters. The molecule has 0 spiro atoms. The molecule has 6 heteroatoms. The molecule has 3 rings (SSSR count). The number of hydrogen-bond donors (Lipinski definition) is 1. The van der Waals surface area contributed by atoms with Crippen LogP contribution < -0.4 is 10.2 Å². The molecule has 1 aliphatic heterocycles. The summed E-state index contributed by atoms with van der Waals surface area (Å²) < 4.78 is 0. The standard InChI is InChI=1S/C21H26ClN3OS/c1-16-12-19(6-7-20(16)25-10-8-24(2)9-11-25)23-21(26)15-27-14-17-4-3-5-18(22)13-17/h3-7,12-13H,8-11,14-15H2,1-2H3,(H,23,26). The van der Waals surface area contributed by atoms with Gasteiger partial charge in [-0.1, -0.05) is 23.7 Å². The van der Waals surface area contributed by atoms with Crippen molar-refractivity contribution in [2.45, 2.75) is 12.7 Å². The topological polar surface area (TPSA) is 35.6 Å². The van der Waals surface area contributed by atoms with Gasteiger partial charge in [0, 0.05) is 48.3 Å². The lowest BCUT2D eigenvalue weighted by Crippen LogP contribution is -2.44. The Hall–Kier alpha value is -1.69. The van der Waals surface area contributed by atoms with E-state index in [-0.39, 0.29) is 5.91 Å². The van der Waals surface area contributed by atoms with Gasteiger partial charge in [0.15, 0.2) is 0 Å². The second-order valence-electron chi connectivity index (χ2n) is 6.96. The lowest BCUT2D eigenvalue weighted by atomic mass is 10.1. The van der Waals surface area contributed by atoms with Gasteiger partial charge >= 0.3 is 0 Å². The van der Waals surface area contributed by atoms with E-state index in [4.69, 9.17) is 11.6 Å². The number of likely N-dealkylation sites (N-methyl/N-ethyl adjacent to an activating group) is 1. The van der Waals surface area contributed by atoms with Crippen LogP contribution >= 0.6 is 23.4 Å². The zero-order chi connectivity index (χ0) is 19.2. The maximum Gasteiger partial charge on any atom is 0.234 e. The molecule has 0 radical (unpaired) electrons. The third kappa shape index (κ3) is 5.89. The Morgan fingerprint density at radius 1 is 1.15 bits per heavy atom. The van der Waals surface area contributed by atoms with E-state index in [1.165, 1.54) is 11.3 Å². The molecular formula is C21H26ClN3OS. The maximum absolute atomic E-state index is 12.2. The van der Waals surface area contributed by atoms with Crippen molar-refractivity contribution < 1.29 is 4.79 Å². The van der Waals surface area contributed by atoms with Crippen LogP contribution in [0.3, 0.4) is 0 Å². The number of thioether (sulfide) groups is 1. The molecule has 2 aromatic carbocycles. The second kappa shape index (κ2) is 9.49. The van der Waals surface area contributed by atoms with E-state index < -0.39 is 0 Å². The number of halogens is 1. The fraction of sp³-hybridized carbons (Fsp3) is 0.381.